The van der Waals surface area contributed by atoms with E-state index in [1.165, 1.54) is 11.3 Å². The Morgan fingerprint density at radius 1 is 0.889 bits per heavy atom. The predicted molar refractivity (Wildman–Crippen MR) is 173 cm³/mol. The summed E-state index contributed by atoms with van der Waals surface area (Å²) in [6.07, 6.45) is 1.79. The van der Waals surface area contributed by atoms with E-state index < -0.39 is 12.0 Å². The highest BCUT2D eigenvalue weighted by atomic mass is 32.1. The van der Waals surface area contributed by atoms with Crippen molar-refractivity contribution in [3.05, 3.63) is 114 Å². The summed E-state index contributed by atoms with van der Waals surface area (Å²) in [6.45, 7) is 8.48. The van der Waals surface area contributed by atoms with E-state index in [4.69, 9.17) is 23.7 Å². The maximum Gasteiger partial charge on any atom is 0.338 e. The molecule has 0 amide bonds. The normalized spacial score (nSPS) is 14.4. The number of carbonyl (C=O) groups is 1. The number of allylic oxidation sites excluding steroid dienone is 1. The second-order valence-corrected chi connectivity index (χ2v) is 11.5. The highest BCUT2D eigenvalue weighted by molar-refractivity contribution is 7.07. The molecule has 10 heteroatoms. The molecule has 0 saturated heterocycles. The number of aryl methyl sites for hydroxylation is 2. The molecule has 1 aliphatic heterocycles. The fraction of sp³-hybridized carbons (Fsp3) is 0.286. The molecule has 0 N–H and O–H groups in total. The number of thiazole rings is 1. The van der Waals surface area contributed by atoms with Crippen LogP contribution in [0.15, 0.2) is 81.7 Å². The van der Waals surface area contributed by atoms with E-state index in [0.29, 0.717) is 51.1 Å². The number of hydrogen-bond donors (Lipinski definition) is 0. The summed E-state index contributed by atoms with van der Waals surface area (Å²) >= 11 is 1.26. The molecule has 3 aromatic carbocycles. The lowest BCUT2D eigenvalue weighted by molar-refractivity contribution is -0.139. The molecule has 2 heterocycles. The van der Waals surface area contributed by atoms with Crippen molar-refractivity contribution in [1.82, 2.24) is 4.57 Å². The van der Waals surface area contributed by atoms with Gasteiger partial charge in [0.05, 0.1) is 42.7 Å². The fourth-order valence-corrected chi connectivity index (χ4v) is 6.31. The molecule has 0 bridgehead atoms. The molecule has 1 unspecified atom stereocenters. The first-order valence-corrected chi connectivity index (χ1v) is 15.4. The van der Waals surface area contributed by atoms with Crippen LogP contribution in [0, 0.1) is 13.8 Å². The molecular weight excluding hydrogens is 592 g/mol. The summed E-state index contributed by atoms with van der Waals surface area (Å²) in [4.78, 5) is 32.2. The van der Waals surface area contributed by atoms with E-state index in [1.54, 1.807) is 50.8 Å². The Hall–Kier alpha value is -4.83. The van der Waals surface area contributed by atoms with Crippen molar-refractivity contribution >= 4 is 23.4 Å². The quantitative estimate of drug-likeness (QED) is 0.172. The van der Waals surface area contributed by atoms with Crippen LogP contribution in [0.5, 0.6) is 23.0 Å². The van der Waals surface area contributed by atoms with Gasteiger partial charge in [0.15, 0.2) is 16.3 Å². The number of carbonyl (C=O) groups excluding carboxylic acids is 1. The van der Waals surface area contributed by atoms with Crippen LogP contribution in [0.25, 0.3) is 6.08 Å². The molecule has 0 saturated carbocycles. The molecule has 1 atom stereocenters. The lowest BCUT2D eigenvalue weighted by Crippen LogP contribution is -2.39. The van der Waals surface area contributed by atoms with Crippen molar-refractivity contribution in [2.24, 2.45) is 4.99 Å². The first kappa shape index (κ1) is 31.6. The van der Waals surface area contributed by atoms with E-state index in [9.17, 15) is 9.59 Å². The van der Waals surface area contributed by atoms with Gasteiger partial charge in [-0.25, -0.2) is 9.79 Å². The van der Waals surface area contributed by atoms with Crippen molar-refractivity contribution in [2.45, 2.75) is 33.7 Å². The highest BCUT2D eigenvalue weighted by Gasteiger charge is 2.33. The van der Waals surface area contributed by atoms with Crippen LogP contribution in [0.2, 0.25) is 0 Å². The van der Waals surface area contributed by atoms with Gasteiger partial charge in [-0.3, -0.25) is 9.36 Å². The Morgan fingerprint density at radius 2 is 1.60 bits per heavy atom. The molecule has 4 aromatic rings. The van der Waals surface area contributed by atoms with Crippen LogP contribution < -0.4 is 33.8 Å². The summed E-state index contributed by atoms with van der Waals surface area (Å²) in [7, 11) is 3.15. The zero-order valence-corrected chi connectivity index (χ0v) is 27.0. The van der Waals surface area contributed by atoms with Crippen LogP contribution in [-0.2, 0) is 9.53 Å². The first-order chi connectivity index (χ1) is 21.7. The smallest absolute Gasteiger partial charge is 0.338 e. The molecule has 0 fully saturated rings. The summed E-state index contributed by atoms with van der Waals surface area (Å²) in [5.74, 6) is 2.06. The zero-order chi connectivity index (χ0) is 32.1. The highest BCUT2D eigenvalue weighted by Crippen LogP contribution is 2.32. The number of methoxy groups -OCH3 is 2. The summed E-state index contributed by atoms with van der Waals surface area (Å²) in [5.41, 5.74) is 4.33. The minimum absolute atomic E-state index is 0.205. The van der Waals surface area contributed by atoms with E-state index in [2.05, 4.69) is 11.1 Å². The van der Waals surface area contributed by atoms with Gasteiger partial charge in [-0.15, -0.1) is 0 Å². The molecule has 0 aliphatic carbocycles. The van der Waals surface area contributed by atoms with Crippen LogP contribution >= 0.6 is 11.3 Å². The lowest BCUT2D eigenvalue weighted by Gasteiger charge is -2.24. The van der Waals surface area contributed by atoms with E-state index in [1.807, 2.05) is 56.3 Å². The number of hydrogen-bond acceptors (Lipinski definition) is 9. The molecule has 234 valence electrons. The Morgan fingerprint density at radius 3 is 2.27 bits per heavy atom. The SMILES string of the molecule is CCOC(=O)C1=C(C)N=c2s/c(=C/c3ccc(OCCOc4cc(C)cc(C)c4)c(OC)c3)c(=O)n2C1c1ccc(OC)cc1. The van der Waals surface area contributed by atoms with E-state index in [0.717, 1.165) is 28.0 Å². The van der Waals surface area contributed by atoms with Gasteiger partial charge in [0.2, 0.25) is 0 Å². The average Bonchev–Trinajstić information content (AvgIpc) is 3.32. The molecule has 9 nitrogen and oxygen atoms in total. The maximum absolute atomic E-state index is 13.9. The van der Waals surface area contributed by atoms with Gasteiger partial charge in [-0.05, 0) is 92.4 Å². The van der Waals surface area contributed by atoms with Crippen LogP contribution in [-0.4, -0.2) is 44.6 Å². The Balaban J connectivity index is 1.43. The maximum atomic E-state index is 13.9. The second-order valence-electron chi connectivity index (χ2n) is 10.5. The third-order valence-electron chi connectivity index (χ3n) is 7.24. The molecule has 45 heavy (non-hydrogen) atoms. The van der Waals surface area contributed by atoms with Gasteiger partial charge in [-0.1, -0.05) is 35.6 Å². The topological polar surface area (TPSA) is 97.6 Å². The standard InChI is InChI=1S/C35H36N2O7S/c1-7-42-34(39)31-23(4)36-35-37(32(31)25-9-11-26(40-5)12-10-25)33(38)30(45-35)20-24-8-13-28(29(19-24)41-6)44-15-14-43-27-17-21(2)16-22(3)18-27/h8-13,16-20,32H,7,14-15H2,1-6H3/b30-20+. The minimum Gasteiger partial charge on any atom is -0.497 e. The molecule has 1 aromatic heterocycles. The summed E-state index contributed by atoms with van der Waals surface area (Å²) in [6, 6.07) is 18.1. The van der Waals surface area contributed by atoms with Crippen molar-refractivity contribution in [2.75, 3.05) is 34.0 Å². The molecule has 0 spiro atoms. The number of fused-ring (bicyclic) bond motifs is 1. The van der Waals surface area contributed by atoms with Crippen LogP contribution in [0.1, 0.15) is 42.1 Å². The van der Waals surface area contributed by atoms with Gasteiger partial charge in [-0.2, -0.15) is 0 Å². The van der Waals surface area contributed by atoms with Crippen molar-refractivity contribution in [1.29, 1.82) is 0 Å². The number of esters is 1. The number of aromatic nitrogens is 1. The first-order valence-electron chi connectivity index (χ1n) is 14.6. The van der Waals surface area contributed by atoms with Gasteiger partial charge < -0.3 is 23.7 Å². The molecule has 5 rings (SSSR count). The van der Waals surface area contributed by atoms with E-state index >= 15 is 0 Å². The monoisotopic (exact) mass is 628 g/mol. The van der Waals surface area contributed by atoms with E-state index in [-0.39, 0.29) is 12.2 Å². The van der Waals surface area contributed by atoms with Crippen molar-refractivity contribution in [3.8, 4) is 23.0 Å². The largest absolute Gasteiger partial charge is 0.497 e. The lowest BCUT2D eigenvalue weighted by atomic mass is 9.96. The van der Waals surface area contributed by atoms with Gasteiger partial charge >= 0.3 is 5.97 Å². The summed E-state index contributed by atoms with van der Waals surface area (Å²) < 4.78 is 30.1. The van der Waals surface area contributed by atoms with Gasteiger partial charge in [0, 0.05) is 0 Å². The number of nitrogens with zero attached hydrogens (tertiary/aromatic N) is 2. The number of rotatable bonds is 11. The fourth-order valence-electron chi connectivity index (χ4n) is 5.27. The summed E-state index contributed by atoms with van der Waals surface area (Å²) in [5, 5.41) is 0. The van der Waals surface area contributed by atoms with Crippen molar-refractivity contribution < 1.29 is 28.5 Å². The minimum atomic E-state index is -0.704. The number of benzene rings is 3. The van der Waals surface area contributed by atoms with Crippen LogP contribution in [0.3, 0.4) is 0 Å². The zero-order valence-electron chi connectivity index (χ0n) is 26.2. The predicted octanol–water partition coefficient (Wildman–Crippen LogP) is 4.89. The van der Waals surface area contributed by atoms with Gasteiger partial charge in [0.1, 0.15) is 24.7 Å². The third kappa shape index (κ3) is 6.96. The molecule has 1 aliphatic rings. The Bertz CT molecular complexity index is 1900. The molecular formula is C35H36N2O7S. The molecule has 0 radical (unpaired) electrons. The average molecular weight is 629 g/mol. The van der Waals surface area contributed by atoms with Gasteiger partial charge in [0.25, 0.3) is 5.56 Å². The third-order valence-corrected chi connectivity index (χ3v) is 8.22. The Kier molecular flexibility index (Phi) is 9.73. The number of ether oxygens (including phenoxy) is 5. The Labute approximate surface area is 265 Å². The van der Waals surface area contributed by atoms with Crippen LogP contribution in [0.4, 0.5) is 0 Å². The van der Waals surface area contributed by atoms with Crippen molar-refractivity contribution in [3.63, 3.8) is 0 Å². The second kappa shape index (κ2) is 13.9.